The summed E-state index contributed by atoms with van der Waals surface area (Å²) < 4.78 is 0. The second-order valence-corrected chi connectivity index (χ2v) is 4.90. The van der Waals surface area contributed by atoms with Gasteiger partial charge in [0.05, 0.1) is 16.7 Å². The quantitative estimate of drug-likeness (QED) is 0.828. The Hall–Kier alpha value is -0.280. The van der Waals surface area contributed by atoms with Crippen LogP contribution < -0.4 is 5.32 Å². The molecular weight excluding hydrogens is 257 g/mol. The second-order valence-electron chi connectivity index (χ2n) is 4.09. The van der Waals surface area contributed by atoms with Crippen LogP contribution in [-0.4, -0.2) is 17.8 Å². The van der Waals surface area contributed by atoms with Crippen molar-refractivity contribution in [3.05, 3.63) is 33.8 Å². The molecule has 0 fully saturated rings. The number of aliphatic hydroxyl groups is 1. The van der Waals surface area contributed by atoms with Gasteiger partial charge < -0.3 is 10.4 Å². The lowest BCUT2D eigenvalue weighted by atomic mass is 10.0. The van der Waals surface area contributed by atoms with Gasteiger partial charge in [0, 0.05) is 12.1 Å². The largest absolute Gasteiger partial charge is 0.395 e. The van der Waals surface area contributed by atoms with Crippen molar-refractivity contribution < 1.29 is 5.11 Å². The van der Waals surface area contributed by atoms with Gasteiger partial charge in [-0.2, -0.15) is 0 Å². The molecule has 0 saturated heterocycles. The molecule has 4 heteroatoms. The third-order valence-corrected chi connectivity index (χ3v) is 3.64. The first-order valence-electron chi connectivity index (χ1n) is 5.94. The fourth-order valence-corrected chi connectivity index (χ4v) is 2.07. The third-order valence-electron chi connectivity index (χ3n) is 2.90. The monoisotopic (exact) mass is 275 g/mol. The minimum absolute atomic E-state index is 0.120. The number of aliphatic hydroxyl groups excluding tert-OH is 1. The van der Waals surface area contributed by atoms with E-state index in [0.29, 0.717) is 10.0 Å². The van der Waals surface area contributed by atoms with Crippen LogP contribution in [0.25, 0.3) is 0 Å². The van der Waals surface area contributed by atoms with Crippen molar-refractivity contribution in [3.63, 3.8) is 0 Å². The summed E-state index contributed by atoms with van der Waals surface area (Å²) in [6.07, 6.45) is 1.84. The summed E-state index contributed by atoms with van der Waals surface area (Å²) in [5.74, 6) is 0. The molecule has 0 aliphatic carbocycles. The van der Waals surface area contributed by atoms with E-state index in [9.17, 15) is 5.11 Å². The minimum Gasteiger partial charge on any atom is -0.395 e. The molecule has 2 atom stereocenters. The molecule has 2 N–H and O–H groups in total. The van der Waals surface area contributed by atoms with E-state index in [0.717, 1.165) is 18.4 Å². The van der Waals surface area contributed by atoms with Crippen LogP contribution >= 0.6 is 23.2 Å². The normalized spacial score (nSPS) is 14.6. The molecule has 17 heavy (non-hydrogen) atoms. The minimum atomic E-state index is 0.120. The highest BCUT2D eigenvalue weighted by molar-refractivity contribution is 6.42. The smallest absolute Gasteiger partial charge is 0.0595 e. The zero-order valence-corrected chi connectivity index (χ0v) is 11.7. The SMILES string of the molecule is CCC(CO)NC(CC)c1ccc(Cl)c(Cl)c1. The summed E-state index contributed by atoms with van der Waals surface area (Å²) in [5.41, 5.74) is 1.11. The fraction of sp³-hybridized carbons (Fsp3) is 0.538. The van der Waals surface area contributed by atoms with E-state index in [1.165, 1.54) is 0 Å². The summed E-state index contributed by atoms with van der Waals surface area (Å²) in [5, 5.41) is 13.8. The molecule has 0 heterocycles. The van der Waals surface area contributed by atoms with Gasteiger partial charge >= 0.3 is 0 Å². The molecule has 0 aromatic heterocycles. The highest BCUT2D eigenvalue weighted by Gasteiger charge is 2.14. The first kappa shape index (κ1) is 14.8. The summed E-state index contributed by atoms with van der Waals surface area (Å²) in [4.78, 5) is 0. The number of benzene rings is 1. The Morgan fingerprint density at radius 1 is 1.18 bits per heavy atom. The van der Waals surface area contributed by atoms with Crippen LogP contribution in [-0.2, 0) is 0 Å². The van der Waals surface area contributed by atoms with Crippen molar-refractivity contribution in [2.24, 2.45) is 0 Å². The highest BCUT2D eigenvalue weighted by Crippen LogP contribution is 2.27. The lowest BCUT2D eigenvalue weighted by Gasteiger charge is -2.23. The molecule has 0 spiro atoms. The molecule has 2 nitrogen and oxygen atoms in total. The molecule has 0 aliphatic rings. The average Bonchev–Trinajstić information content (AvgIpc) is 2.35. The predicted molar refractivity (Wildman–Crippen MR) is 73.8 cm³/mol. The summed E-state index contributed by atoms with van der Waals surface area (Å²) in [7, 11) is 0. The zero-order chi connectivity index (χ0) is 12.8. The molecule has 1 aromatic carbocycles. The first-order valence-corrected chi connectivity index (χ1v) is 6.69. The summed E-state index contributed by atoms with van der Waals surface area (Å²) in [6, 6.07) is 5.98. The molecule has 96 valence electrons. The van der Waals surface area contributed by atoms with Gasteiger partial charge in [-0.3, -0.25) is 0 Å². The molecule has 0 bridgehead atoms. The van der Waals surface area contributed by atoms with E-state index in [4.69, 9.17) is 23.2 Å². The lowest BCUT2D eigenvalue weighted by Crippen LogP contribution is -2.34. The number of hydrogen-bond donors (Lipinski definition) is 2. The van der Waals surface area contributed by atoms with Crippen LogP contribution in [0.3, 0.4) is 0 Å². The fourth-order valence-electron chi connectivity index (χ4n) is 1.76. The van der Waals surface area contributed by atoms with E-state index < -0.39 is 0 Å². The summed E-state index contributed by atoms with van der Waals surface area (Å²) in [6.45, 7) is 4.30. The Labute approximate surface area is 113 Å². The van der Waals surface area contributed by atoms with Gasteiger partial charge in [0.2, 0.25) is 0 Å². The molecule has 0 aliphatic heterocycles. The number of rotatable bonds is 6. The maximum Gasteiger partial charge on any atom is 0.0595 e. The Morgan fingerprint density at radius 3 is 2.35 bits per heavy atom. The van der Waals surface area contributed by atoms with Crippen LogP contribution in [0.1, 0.15) is 38.3 Å². The van der Waals surface area contributed by atoms with Gasteiger partial charge in [-0.25, -0.2) is 0 Å². The van der Waals surface area contributed by atoms with Gasteiger partial charge in [0.1, 0.15) is 0 Å². The lowest BCUT2D eigenvalue weighted by molar-refractivity contribution is 0.226. The van der Waals surface area contributed by atoms with Gasteiger partial charge in [-0.05, 0) is 30.5 Å². The molecule has 1 aromatic rings. The average molecular weight is 276 g/mol. The van der Waals surface area contributed by atoms with Crippen molar-refractivity contribution in [2.75, 3.05) is 6.61 Å². The Balaban J connectivity index is 2.82. The van der Waals surface area contributed by atoms with E-state index >= 15 is 0 Å². The summed E-state index contributed by atoms with van der Waals surface area (Å²) >= 11 is 11.9. The topological polar surface area (TPSA) is 32.3 Å². The maximum atomic E-state index is 9.21. The van der Waals surface area contributed by atoms with Crippen molar-refractivity contribution >= 4 is 23.2 Å². The number of halogens is 2. The number of nitrogens with one attached hydrogen (secondary N) is 1. The molecule has 0 radical (unpaired) electrons. The number of hydrogen-bond acceptors (Lipinski definition) is 2. The maximum absolute atomic E-state index is 9.21. The van der Waals surface area contributed by atoms with Crippen LogP contribution in [0.15, 0.2) is 18.2 Å². The van der Waals surface area contributed by atoms with Gasteiger partial charge in [0.15, 0.2) is 0 Å². The molecule has 2 unspecified atom stereocenters. The van der Waals surface area contributed by atoms with Crippen LogP contribution in [0.5, 0.6) is 0 Å². The molecular formula is C13H19Cl2NO. The van der Waals surface area contributed by atoms with E-state index in [2.05, 4.69) is 19.2 Å². The Bertz CT molecular complexity index is 353. The third kappa shape index (κ3) is 4.14. The van der Waals surface area contributed by atoms with E-state index in [1.54, 1.807) is 0 Å². The molecule has 1 rings (SSSR count). The van der Waals surface area contributed by atoms with Crippen molar-refractivity contribution in [2.45, 2.75) is 38.8 Å². The van der Waals surface area contributed by atoms with Crippen molar-refractivity contribution in [1.29, 1.82) is 0 Å². The zero-order valence-electron chi connectivity index (χ0n) is 10.2. The van der Waals surface area contributed by atoms with Crippen molar-refractivity contribution in [3.8, 4) is 0 Å². The van der Waals surface area contributed by atoms with Crippen LogP contribution in [0.4, 0.5) is 0 Å². The van der Waals surface area contributed by atoms with Crippen molar-refractivity contribution in [1.82, 2.24) is 5.32 Å². The van der Waals surface area contributed by atoms with Gasteiger partial charge in [-0.1, -0.05) is 43.1 Å². The van der Waals surface area contributed by atoms with E-state index in [1.807, 2.05) is 18.2 Å². The predicted octanol–water partition coefficient (Wildman–Crippen LogP) is 3.81. The second kappa shape index (κ2) is 7.22. The first-order chi connectivity index (χ1) is 8.12. The molecule has 0 amide bonds. The Morgan fingerprint density at radius 2 is 1.88 bits per heavy atom. The standard InChI is InChI=1S/C13H19Cl2NO/c1-3-10(8-17)16-13(4-2)9-5-6-11(14)12(15)7-9/h5-7,10,13,16-17H,3-4,8H2,1-2H3. The van der Waals surface area contributed by atoms with Crippen LogP contribution in [0.2, 0.25) is 10.0 Å². The van der Waals surface area contributed by atoms with Gasteiger partial charge in [0.25, 0.3) is 0 Å². The molecule has 0 saturated carbocycles. The van der Waals surface area contributed by atoms with Gasteiger partial charge in [-0.15, -0.1) is 0 Å². The van der Waals surface area contributed by atoms with E-state index in [-0.39, 0.29) is 18.7 Å². The highest BCUT2D eigenvalue weighted by atomic mass is 35.5. The van der Waals surface area contributed by atoms with Crippen LogP contribution in [0, 0.1) is 0 Å². The Kier molecular flexibility index (Phi) is 6.28.